The summed E-state index contributed by atoms with van der Waals surface area (Å²) in [5, 5.41) is 2.17. The molecule has 2 rings (SSSR count). The van der Waals surface area contributed by atoms with Crippen LogP contribution in [-0.4, -0.2) is 46.2 Å². The molecule has 1 aliphatic heterocycles. The van der Waals surface area contributed by atoms with E-state index in [0.29, 0.717) is 6.54 Å². The number of nitrogens with one attached hydrogen (secondary N) is 1. The minimum absolute atomic E-state index is 0.107. The van der Waals surface area contributed by atoms with Gasteiger partial charge < -0.3 is 5.32 Å². The molecule has 2 atom stereocenters. The summed E-state index contributed by atoms with van der Waals surface area (Å²) in [7, 11) is -6.98. The molecule has 1 fully saturated rings. The number of aryl methyl sites for hydroxylation is 1. The summed E-state index contributed by atoms with van der Waals surface area (Å²) in [6, 6.07) is 6.20. The van der Waals surface area contributed by atoms with Gasteiger partial charge >= 0.3 is 0 Å². The lowest BCUT2D eigenvalue weighted by Crippen LogP contribution is -2.43. The Morgan fingerprint density at radius 1 is 1.14 bits per heavy atom. The van der Waals surface area contributed by atoms with Crippen LogP contribution in [0, 0.1) is 0 Å². The second-order valence-corrected chi connectivity index (χ2v) is 10.0. The zero-order chi connectivity index (χ0) is 16.4. The lowest BCUT2D eigenvalue weighted by atomic mass is 10.2. The molecule has 0 amide bonds. The monoisotopic (exact) mass is 345 g/mol. The summed E-state index contributed by atoms with van der Waals surface area (Å²) < 4.78 is 49.4. The largest absolute Gasteiger partial charge is 0.312 e. The minimum atomic E-state index is -3.66. The second kappa shape index (κ2) is 6.68. The standard InChI is InChI=1S/C15H23NO4S2/c1-3-9-16-14-10-21(17,18)11-15(14)22(19,20)13-7-5-12(4-2)6-8-13/h5-8,14-16H,3-4,9-11H2,1-2H3/t14-,15+/m1/s1. The molecule has 124 valence electrons. The fourth-order valence-corrected chi connectivity index (χ4v) is 7.45. The van der Waals surface area contributed by atoms with Crippen molar-refractivity contribution in [1.29, 1.82) is 0 Å². The van der Waals surface area contributed by atoms with E-state index < -0.39 is 31.0 Å². The van der Waals surface area contributed by atoms with Crippen LogP contribution in [-0.2, 0) is 26.1 Å². The fraction of sp³-hybridized carbons (Fsp3) is 0.600. The van der Waals surface area contributed by atoms with Gasteiger partial charge in [-0.2, -0.15) is 0 Å². The van der Waals surface area contributed by atoms with E-state index in [2.05, 4.69) is 5.32 Å². The lowest BCUT2D eigenvalue weighted by molar-refractivity contribution is 0.525. The van der Waals surface area contributed by atoms with Crippen LogP contribution in [0.5, 0.6) is 0 Å². The molecule has 0 bridgehead atoms. The van der Waals surface area contributed by atoms with Crippen molar-refractivity contribution in [3.63, 3.8) is 0 Å². The van der Waals surface area contributed by atoms with E-state index in [-0.39, 0.29) is 16.4 Å². The number of hydrogen-bond donors (Lipinski definition) is 1. The topological polar surface area (TPSA) is 80.3 Å². The molecule has 0 radical (unpaired) electrons. The van der Waals surface area contributed by atoms with Gasteiger partial charge in [-0.05, 0) is 37.1 Å². The summed E-state index contributed by atoms with van der Waals surface area (Å²) in [6.45, 7) is 4.57. The first kappa shape index (κ1) is 17.4. The maximum atomic E-state index is 12.8. The quantitative estimate of drug-likeness (QED) is 0.838. The molecule has 1 aromatic carbocycles. The first-order chi connectivity index (χ1) is 10.3. The highest BCUT2D eigenvalue weighted by molar-refractivity contribution is 7.96. The van der Waals surface area contributed by atoms with Crippen LogP contribution in [0.25, 0.3) is 0 Å². The van der Waals surface area contributed by atoms with E-state index in [0.717, 1.165) is 18.4 Å². The first-order valence-electron chi connectivity index (χ1n) is 7.57. The van der Waals surface area contributed by atoms with Crippen LogP contribution >= 0.6 is 0 Å². The van der Waals surface area contributed by atoms with E-state index >= 15 is 0 Å². The second-order valence-electron chi connectivity index (χ2n) is 5.72. The van der Waals surface area contributed by atoms with Crippen molar-refractivity contribution in [2.75, 3.05) is 18.1 Å². The zero-order valence-corrected chi connectivity index (χ0v) is 14.6. The normalized spacial score (nSPS) is 24.5. The van der Waals surface area contributed by atoms with E-state index in [1.807, 2.05) is 13.8 Å². The van der Waals surface area contributed by atoms with Crippen LogP contribution in [0.1, 0.15) is 25.8 Å². The van der Waals surface area contributed by atoms with Crippen molar-refractivity contribution in [2.45, 2.75) is 42.9 Å². The van der Waals surface area contributed by atoms with Crippen molar-refractivity contribution in [3.05, 3.63) is 29.8 Å². The molecule has 5 nitrogen and oxygen atoms in total. The average Bonchev–Trinajstić information content (AvgIpc) is 2.81. The Morgan fingerprint density at radius 3 is 2.32 bits per heavy atom. The van der Waals surface area contributed by atoms with E-state index in [9.17, 15) is 16.8 Å². The van der Waals surface area contributed by atoms with Gasteiger partial charge in [0.1, 0.15) is 0 Å². The molecule has 1 saturated heterocycles. The Kier molecular flexibility index (Phi) is 5.29. The van der Waals surface area contributed by atoms with Gasteiger partial charge in [0.2, 0.25) is 0 Å². The summed E-state index contributed by atoms with van der Waals surface area (Å²) in [4.78, 5) is 0.204. The first-order valence-corrected chi connectivity index (χ1v) is 10.9. The number of rotatable bonds is 6. The SMILES string of the molecule is CCCN[C@@H]1CS(=O)(=O)C[C@@H]1S(=O)(=O)c1ccc(CC)cc1. The highest BCUT2D eigenvalue weighted by atomic mass is 32.2. The Hall–Kier alpha value is -0.920. The zero-order valence-electron chi connectivity index (χ0n) is 12.9. The molecule has 22 heavy (non-hydrogen) atoms. The fourth-order valence-electron chi connectivity index (χ4n) is 2.73. The molecule has 0 aromatic heterocycles. The third kappa shape index (κ3) is 3.70. The van der Waals surface area contributed by atoms with Gasteiger partial charge in [-0.15, -0.1) is 0 Å². The maximum Gasteiger partial charge on any atom is 0.183 e. The highest BCUT2D eigenvalue weighted by Crippen LogP contribution is 2.26. The number of hydrogen-bond acceptors (Lipinski definition) is 5. The molecule has 0 saturated carbocycles. The molecule has 1 aromatic rings. The van der Waals surface area contributed by atoms with Gasteiger partial charge in [0.15, 0.2) is 19.7 Å². The van der Waals surface area contributed by atoms with E-state index in [4.69, 9.17) is 0 Å². The minimum Gasteiger partial charge on any atom is -0.312 e. The van der Waals surface area contributed by atoms with Crippen molar-refractivity contribution in [2.24, 2.45) is 0 Å². The predicted octanol–water partition coefficient (Wildman–Crippen LogP) is 1.19. The molecular formula is C15H23NO4S2. The predicted molar refractivity (Wildman–Crippen MR) is 87.5 cm³/mol. The third-order valence-electron chi connectivity index (χ3n) is 4.02. The number of sulfone groups is 2. The Balaban J connectivity index is 2.32. The van der Waals surface area contributed by atoms with Gasteiger partial charge in [0.05, 0.1) is 21.7 Å². The van der Waals surface area contributed by atoms with Gasteiger partial charge in [-0.3, -0.25) is 0 Å². The van der Waals surface area contributed by atoms with Crippen LogP contribution < -0.4 is 5.32 Å². The molecule has 0 spiro atoms. The maximum absolute atomic E-state index is 12.8. The lowest BCUT2D eigenvalue weighted by Gasteiger charge is -2.19. The summed E-state index contributed by atoms with van der Waals surface area (Å²) in [5.74, 6) is -0.407. The van der Waals surface area contributed by atoms with E-state index in [1.54, 1.807) is 24.3 Å². The molecule has 0 aliphatic carbocycles. The summed E-state index contributed by atoms with van der Waals surface area (Å²) in [5.41, 5.74) is 1.05. The highest BCUT2D eigenvalue weighted by Gasteiger charge is 2.45. The smallest absolute Gasteiger partial charge is 0.183 e. The Morgan fingerprint density at radius 2 is 1.77 bits per heavy atom. The molecule has 7 heteroatoms. The van der Waals surface area contributed by atoms with Gasteiger partial charge in [0, 0.05) is 6.04 Å². The van der Waals surface area contributed by atoms with Crippen LogP contribution in [0.15, 0.2) is 29.2 Å². The summed E-state index contributed by atoms with van der Waals surface area (Å²) >= 11 is 0. The molecule has 0 unspecified atom stereocenters. The Labute approximate surface area is 133 Å². The third-order valence-corrected chi connectivity index (χ3v) is 8.18. The van der Waals surface area contributed by atoms with E-state index in [1.165, 1.54) is 0 Å². The van der Waals surface area contributed by atoms with Crippen molar-refractivity contribution in [1.82, 2.24) is 5.32 Å². The molecule has 1 heterocycles. The van der Waals surface area contributed by atoms with Crippen molar-refractivity contribution < 1.29 is 16.8 Å². The molecule has 1 N–H and O–H groups in total. The van der Waals surface area contributed by atoms with Gasteiger partial charge in [0.25, 0.3) is 0 Å². The summed E-state index contributed by atoms with van der Waals surface area (Å²) in [6.07, 6.45) is 1.66. The van der Waals surface area contributed by atoms with Crippen LogP contribution in [0.2, 0.25) is 0 Å². The van der Waals surface area contributed by atoms with Gasteiger partial charge in [-0.25, -0.2) is 16.8 Å². The number of benzene rings is 1. The van der Waals surface area contributed by atoms with Crippen molar-refractivity contribution in [3.8, 4) is 0 Å². The average molecular weight is 345 g/mol. The van der Waals surface area contributed by atoms with Gasteiger partial charge in [-0.1, -0.05) is 26.0 Å². The Bertz CT molecular complexity index is 708. The van der Waals surface area contributed by atoms with Crippen LogP contribution in [0.4, 0.5) is 0 Å². The van der Waals surface area contributed by atoms with Crippen LogP contribution in [0.3, 0.4) is 0 Å². The van der Waals surface area contributed by atoms with Crippen molar-refractivity contribution >= 4 is 19.7 Å². The molecule has 1 aliphatic rings. The molecular weight excluding hydrogens is 322 g/mol.